The summed E-state index contributed by atoms with van der Waals surface area (Å²) >= 11 is 0. The number of carbonyl (C=O) groups excluding carboxylic acids is 1. The van der Waals surface area contributed by atoms with Crippen molar-refractivity contribution in [2.45, 2.75) is 12.5 Å². The molecule has 1 atom stereocenters. The smallest absolute Gasteiger partial charge is 0.308 e. The Morgan fingerprint density at radius 3 is 2.82 bits per heavy atom. The minimum absolute atomic E-state index is 0.511. The molecule has 7 heteroatoms. The number of hydrogen-bond acceptors (Lipinski definition) is 5. The number of carbonyl (C=O) groups is 1. The van der Waals surface area contributed by atoms with E-state index in [1.807, 2.05) is 0 Å². The molecule has 1 aromatic carbocycles. The molecule has 0 radical (unpaired) electrons. The third-order valence-corrected chi connectivity index (χ3v) is 2.15. The average Bonchev–Trinajstić information content (AvgIpc) is 2.28. The minimum atomic E-state index is -1.61. The lowest BCUT2D eigenvalue weighted by Crippen LogP contribution is -2.11. The highest BCUT2D eigenvalue weighted by molar-refractivity contribution is 5.70. The number of ether oxygens (including phenoxy) is 1. The van der Waals surface area contributed by atoms with Crippen molar-refractivity contribution in [2.75, 3.05) is 7.11 Å². The summed E-state index contributed by atoms with van der Waals surface area (Å²) in [6, 6.07) is 3.18. The molecule has 0 saturated carbocycles. The van der Waals surface area contributed by atoms with Gasteiger partial charge in [0.15, 0.2) is 0 Å². The van der Waals surface area contributed by atoms with Crippen LogP contribution in [0, 0.1) is 15.9 Å². The Bertz CT molecular complexity index is 448. The number of nitrogens with zero attached hydrogens (tertiary/aromatic N) is 1. The van der Waals surface area contributed by atoms with Gasteiger partial charge in [0.25, 0.3) is 5.69 Å². The Hall–Kier alpha value is -2.02. The first-order chi connectivity index (χ1) is 7.97. The van der Waals surface area contributed by atoms with Crippen molar-refractivity contribution in [1.29, 1.82) is 0 Å². The lowest BCUT2D eigenvalue weighted by atomic mass is 10.0. The van der Waals surface area contributed by atoms with E-state index in [2.05, 4.69) is 4.74 Å². The van der Waals surface area contributed by atoms with Crippen LogP contribution in [0.5, 0.6) is 0 Å². The van der Waals surface area contributed by atoms with Crippen LogP contribution in [-0.4, -0.2) is 23.1 Å². The van der Waals surface area contributed by atoms with E-state index in [4.69, 9.17) is 0 Å². The Balaban J connectivity index is 3.11. The molecular weight excluding hydrogens is 233 g/mol. The van der Waals surface area contributed by atoms with Crippen molar-refractivity contribution in [3.8, 4) is 0 Å². The van der Waals surface area contributed by atoms with Crippen LogP contribution >= 0.6 is 0 Å². The predicted molar refractivity (Wildman–Crippen MR) is 54.6 cm³/mol. The molecule has 17 heavy (non-hydrogen) atoms. The highest BCUT2D eigenvalue weighted by Gasteiger charge is 2.26. The zero-order valence-corrected chi connectivity index (χ0v) is 8.92. The fourth-order valence-corrected chi connectivity index (χ4v) is 1.36. The number of halogens is 1. The monoisotopic (exact) mass is 243 g/mol. The highest BCUT2D eigenvalue weighted by atomic mass is 19.1. The number of esters is 1. The normalized spacial score (nSPS) is 11.9. The first-order valence-corrected chi connectivity index (χ1v) is 4.65. The van der Waals surface area contributed by atoms with E-state index < -0.39 is 40.5 Å². The van der Waals surface area contributed by atoms with Crippen molar-refractivity contribution in [3.63, 3.8) is 0 Å². The van der Waals surface area contributed by atoms with Crippen molar-refractivity contribution in [2.24, 2.45) is 0 Å². The summed E-state index contributed by atoms with van der Waals surface area (Å²) in [6.07, 6.45) is -2.15. The standard InChI is InChI=1S/C10H10FNO5/c1-17-9(14)5-8(13)10-6(11)3-2-4-7(10)12(15)16/h2-4,8,13H,5H2,1H3/t8-/m1/s1. The summed E-state index contributed by atoms with van der Waals surface area (Å²) in [7, 11) is 1.10. The highest BCUT2D eigenvalue weighted by Crippen LogP contribution is 2.29. The number of methoxy groups -OCH3 is 1. The van der Waals surface area contributed by atoms with Crippen LogP contribution in [0.1, 0.15) is 18.1 Å². The summed E-state index contributed by atoms with van der Waals surface area (Å²) in [6.45, 7) is 0. The van der Waals surface area contributed by atoms with E-state index in [9.17, 15) is 24.4 Å². The molecular formula is C10H10FNO5. The van der Waals surface area contributed by atoms with Crippen molar-refractivity contribution in [3.05, 3.63) is 39.7 Å². The molecule has 92 valence electrons. The summed E-state index contributed by atoms with van der Waals surface area (Å²) in [5.41, 5.74) is -1.08. The van der Waals surface area contributed by atoms with E-state index in [1.165, 1.54) is 0 Å². The SMILES string of the molecule is COC(=O)C[C@@H](O)c1c(F)cccc1[N+](=O)[O-]. The number of benzene rings is 1. The predicted octanol–water partition coefficient (Wildman–Crippen LogP) is 1.33. The summed E-state index contributed by atoms with van der Waals surface area (Å²) < 4.78 is 17.7. The van der Waals surface area contributed by atoms with Gasteiger partial charge in [-0.1, -0.05) is 6.07 Å². The van der Waals surface area contributed by atoms with Gasteiger partial charge in [-0.3, -0.25) is 14.9 Å². The quantitative estimate of drug-likeness (QED) is 0.489. The van der Waals surface area contributed by atoms with E-state index in [0.717, 1.165) is 25.3 Å². The number of aliphatic hydroxyl groups is 1. The lowest BCUT2D eigenvalue weighted by Gasteiger charge is -2.10. The van der Waals surface area contributed by atoms with Gasteiger partial charge in [0.2, 0.25) is 0 Å². The number of nitro groups is 1. The molecule has 0 aliphatic carbocycles. The van der Waals surface area contributed by atoms with Gasteiger partial charge in [-0.15, -0.1) is 0 Å². The third kappa shape index (κ3) is 2.97. The van der Waals surface area contributed by atoms with E-state index in [-0.39, 0.29) is 0 Å². The van der Waals surface area contributed by atoms with Gasteiger partial charge in [-0.25, -0.2) is 4.39 Å². The first-order valence-electron chi connectivity index (χ1n) is 4.65. The second-order valence-electron chi connectivity index (χ2n) is 3.23. The van der Waals surface area contributed by atoms with Gasteiger partial charge < -0.3 is 9.84 Å². The van der Waals surface area contributed by atoms with Gasteiger partial charge in [0, 0.05) is 6.07 Å². The van der Waals surface area contributed by atoms with E-state index in [1.54, 1.807) is 0 Å². The maximum absolute atomic E-state index is 13.4. The zero-order chi connectivity index (χ0) is 13.0. The second kappa shape index (κ2) is 5.35. The van der Waals surface area contributed by atoms with Gasteiger partial charge >= 0.3 is 5.97 Å². The van der Waals surface area contributed by atoms with Crippen LogP contribution in [0.25, 0.3) is 0 Å². The van der Waals surface area contributed by atoms with Crippen molar-refractivity contribution >= 4 is 11.7 Å². The average molecular weight is 243 g/mol. The number of aliphatic hydroxyl groups excluding tert-OH is 1. The van der Waals surface area contributed by atoms with Crippen LogP contribution in [0.3, 0.4) is 0 Å². The minimum Gasteiger partial charge on any atom is -0.469 e. The molecule has 0 amide bonds. The Morgan fingerprint density at radius 2 is 2.29 bits per heavy atom. The number of hydrogen-bond donors (Lipinski definition) is 1. The Kier molecular flexibility index (Phi) is 4.11. The van der Waals surface area contributed by atoms with Gasteiger partial charge in [-0.05, 0) is 6.07 Å². The molecule has 6 nitrogen and oxygen atoms in total. The molecule has 0 aromatic heterocycles. The fraction of sp³-hybridized carbons (Fsp3) is 0.300. The Labute approximate surface area is 95.8 Å². The second-order valence-corrected chi connectivity index (χ2v) is 3.23. The molecule has 0 aliphatic heterocycles. The molecule has 0 unspecified atom stereocenters. The van der Waals surface area contributed by atoms with Crippen LogP contribution in [0.4, 0.5) is 10.1 Å². The van der Waals surface area contributed by atoms with Gasteiger partial charge in [0.1, 0.15) is 5.82 Å². The molecule has 0 saturated heterocycles. The maximum Gasteiger partial charge on any atom is 0.308 e. The van der Waals surface area contributed by atoms with Crippen molar-refractivity contribution in [1.82, 2.24) is 0 Å². The summed E-state index contributed by atoms with van der Waals surface area (Å²) in [5.74, 6) is -1.72. The summed E-state index contributed by atoms with van der Waals surface area (Å²) in [4.78, 5) is 20.7. The van der Waals surface area contributed by atoms with Crippen LogP contribution in [-0.2, 0) is 9.53 Å². The Morgan fingerprint density at radius 1 is 1.65 bits per heavy atom. The molecule has 0 spiro atoms. The molecule has 0 bridgehead atoms. The largest absolute Gasteiger partial charge is 0.469 e. The fourth-order valence-electron chi connectivity index (χ4n) is 1.36. The van der Waals surface area contributed by atoms with Gasteiger partial charge in [0.05, 0.1) is 30.1 Å². The topological polar surface area (TPSA) is 89.7 Å². The summed E-state index contributed by atoms with van der Waals surface area (Å²) in [5, 5.41) is 20.2. The molecule has 0 aliphatic rings. The molecule has 0 heterocycles. The lowest BCUT2D eigenvalue weighted by molar-refractivity contribution is -0.386. The number of nitro benzene ring substituents is 1. The zero-order valence-electron chi connectivity index (χ0n) is 8.92. The van der Waals surface area contributed by atoms with E-state index >= 15 is 0 Å². The molecule has 0 fully saturated rings. The maximum atomic E-state index is 13.4. The number of rotatable bonds is 4. The molecule has 1 rings (SSSR count). The van der Waals surface area contributed by atoms with E-state index in [0.29, 0.717) is 0 Å². The van der Waals surface area contributed by atoms with Crippen LogP contribution in [0.2, 0.25) is 0 Å². The molecule has 1 aromatic rings. The molecule has 1 N–H and O–H groups in total. The van der Waals surface area contributed by atoms with Gasteiger partial charge in [-0.2, -0.15) is 0 Å². The van der Waals surface area contributed by atoms with Crippen LogP contribution < -0.4 is 0 Å². The van der Waals surface area contributed by atoms with Crippen molar-refractivity contribution < 1.29 is 24.0 Å². The first kappa shape index (κ1) is 13.0. The third-order valence-electron chi connectivity index (χ3n) is 2.15. The van der Waals surface area contributed by atoms with Crippen LogP contribution in [0.15, 0.2) is 18.2 Å².